The Balaban J connectivity index is 0.000000321. The predicted octanol–water partition coefficient (Wildman–Crippen LogP) is -0.360. The highest BCUT2D eigenvalue weighted by molar-refractivity contribution is 5.46. The molecule has 3 aliphatic rings. The zero-order valence-corrected chi connectivity index (χ0v) is 15.6. The number of hydrogen-bond acceptors (Lipinski definition) is 6. The van der Waals surface area contributed by atoms with Gasteiger partial charge in [0.25, 0.3) is 0 Å². The first kappa shape index (κ1) is 23.8. The predicted molar refractivity (Wildman–Crippen MR) is 98.6 cm³/mol. The molecule has 25 heavy (non-hydrogen) atoms. The van der Waals surface area contributed by atoms with E-state index >= 15 is 0 Å². The van der Waals surface area contributed by atoms with Gasteiger partial charge in [0.05, 0.1) is 26.4 Å². The third kappa shape index (κ3) is 19.0. The largest absolute Gasteiger partial charge is 0.379 e. The lowest BCUT2D eigenvalue weighted by atomic mass is 9.96. The molecule has 0 aromatic heterocycles. The van der Waals surface area contributed by atoms with E-state index in [0.717, 1.165) is 59.0 Å². The molecule has 2 saturated heterocycles. The normalized spacial score (nSPS) is 20.0. The molecule has 0 bridgehead atoms. The number of rotatable bonds is 3. The Morgan fingerprint density at radius 2 is 1.24 bits per heavy atom. The molecule has 4 N–H and O–H groups in total. The molecular formula is C17H36N4O4. The van der Waals surface area contributed by atoms with Gasteiger partial charge < -0.3 is 30.7 Å². The minimum absolute atomic E-state index is 0.483. The summed E-state index contributed by atoms with van der Waals surface area (Å²) in [6, 6.07) is 0.483. The molecule has 0 unspecified atom stereocenters. The summed E-state index contributed by atoms with van der Waals surface area (Å²) < 4.78 is 10.0. The molecule has 0 spiro atoms. The molecule has 0 atom stereocenters. The molecule has 0 aromatic rings. The molecule has 1 aliphatic carbocycles. The number of carbonyl (C=O) groups is 2. The van der Waals surface area contributed by atoms with Crippen LogP contribution < -0.4 is 21.3 Å². The van der Waals surface area contributed by atoms with Gasteiger partial charge in [0, 0.05) is 39.3 Å². The summed E-state index contributed by atoms with van der Waals surface area (Å²) in [5.41, 5.74) is 0. The maximum absolute atomic E-state index is 9.96. The molecule has 0 aromatic carbocycles. The first-order valence-corrected chi connectivity index (χ1v) is 9.22. The molecule has 8 heteroatoms. The standard InChI is InChI=1S/C7H13NO.2C4H9NO.C2H5NO/c9-6-8-7-4-2-1-3-5-7;2*1-3-6-4-2-5-1;1-3-2-4/h6-7H,1-5H2,(H,8,9);2*5H,1-4H2;2H,1H3,(H,3,4). The van der Waals surface area contributed by atoms with E-state index in [4.69, 9.17) is 14.3 Å². The van der Waals surface area contributed by atoms with Crippen LogP contribution in [-0.2, 0) is 19.1 Å². The summed E-state index contributed by atoms with van der Waals surface area (Å²) in [6.07, 6.45) is 7.71. The molecule has 2 aliphatic heterocycles. The summed E-state index contributed by atoms with van der Waals surface area (Å²) in [7, 11) is 1.56. The molecule has 0 radical (unpaired) electrons. The second-order valence-electron chi connectivity index (χ2n) is 5.75. The number of hydrogen-bond donors (Lipinski definition) is 4. The van der Waals surface area contributed by atoms with E-state index < -0.39 is 0 Å². The van der Waals surface area contributed by atoms with Crippen LogP contribution in [0, 0.1) is 0 Å². The third-order valence-corrected chi connectivity index (χ3v) is 3.72. The Morgan fingerprint density at radius 1 is 0.800 bits per heavy atom. The van der Waals surface area contributed by atoms with Crippen molar-refractivity contribution in [3.63, 3.8) is 0 Å². The van der Waals surface area contributed by atoms with E-state index in [-0.39, 0.29) is 0 Å². The zero-order chi connectivity index (χ0) is 18.4. The van der Waals surface area contributed by atoms with E-state index in [1.54, 1.807) is 7.05 Å². The van der Waals surface area contributed by atoms with Crippen LogP contribution in [0.25, 0.3) is 0 Å². The van der Waals surface area contributed by atoms with E-state index in [1.165, 1.54) is 32.1 Å². The number of ether oxygens (including phenoxy) is 2. The Bertz CT molecular complexity index is 247. The van der Waals surface area contributed by atoms with Gasteiger partial charge in [-0.1, -0.05) is 19.3 Å². The van der Waals surface area contributed by atoms with Gasteiger partial charge in [0.2, 0.25) is 12.8 Å². The topological polar surface area (TPSA) is 101 Å². The fourth-order valence-corrected chi connectivity index (χ4v) is 2.40. The van der Waals surface area contributed by atoms with E-state index in [2.05, 4.69) is 21.3 Å². The Kier molecular flexibility index (Phi) is 19.8. The van der Waals surface area contributed by atoms with Crippen LogP contribution in [0.5, 0.6) is 0 Å². The third-order valence-electron chi connectivity index (χ3n) is 3.72. The quantitative estimate of drug-likeness (QED) is 0.513. The highest BCUT2D eigenvalue weighted by atomic mass is 16.5. The van der Waals surface area contributed by atoms with Gasteiger partial charge >= 0.3 is 0 Å². The van der Waals surface area contributed by atoms with Crippen molar-refractivity contribution in [2.45, 2.75) is 38.1 Å². The fourth-order valence-electron chi connectivity index (χ4n) is 2.40. The second-order valence-corrected chi connectivity index (χ2v) is 5.75. The van der Waals surface area contributed by atoms with Gasteiger partial charge in [-0.2, -0.15) is 0 Å². The van der Waals surface area contributed by atoms with Gasteiger partial charge in [-0.05, 0) is 12.8 Å². The summed E-state index contributed by atoms with van der Waals surface area (Å²) in [6.45, 7) is 7.67. The molecule has 2 heterocycles. The van der Waals surface area contributed by atoms with Crippen LogP contribution in [0.1, 0.15) is 32.1 Å². The fraction of sp³-hybridized carbons (Fsp3) is 0.882. The molecular weight excluding hydrogens is 324 g/mol. The highest BCUT2D eigenvalue weighted by Gasteiger charge is 2.10. The van der Waals surface area contributed by atoms with E-state index in [1.807, 2.05) is 0 Å². The zero-order valence-electron chi connectivity index (χ0n) is 15.6. The van der Waals surface area contributed by atoms with Crippen LogP contribution in [-0.4, -0.2) is 78.5 Å². The summed E-state index contributed by atoms with van der Waals surface area (Å²) in [5.74, 6) is 0. The van der Waals surface area contributed by atoms with Crippen molar-refractivity contribution < 1.29 is 19.1 Å². The molecule has 3 rings (SSSR count). The number of nitrogens with one attached hydrogen (secondary N) is 4. The van der Waals surface area contributed by atoms with Crippen molar-refractivity contribution in [2.75, 3.05) is 59.7 Å². The Morgan fingerprint density at radius 3 is 1.48 bits per heavy atom. The first-order chi connectivity index (χ1) is 12.3. The monoisotopic (exact) mass is 360 g/mol. The lowest BCUT2D eigenvalue weighted by molar-refractivity contribution is -0.110. The second kappa shape index (κ2) is 20.8. The highest BCUT2D eigenvalue weighted by Crippen LogP contribution is 2.16. The van der Waals surface area contributed by atoms with Crippen LogP contribution >= 0.6 is 0 Å². The molecule has 1 saturated carbocycles. The van der Waals surface area contributed by atoms with Crippen molar-refractivity contribution in [2.24, 2.45) is 0 Å². The van der Waals surface area contributed by atoms with Crippen molar-refractivity contribution in [1.29, 1.82) is 0 Å². The van der Waals surface area contributed by atoms with Gasteiger partial charge in [-0.25, -0.2) is 0 Å². The van der Waals surface area contributed by atoms with Crippen LogP contribution in [0.15, 0.2) is 0 Å². The Hall–Kier alpha value is -1.22. The van der Waals surface area contributed by atoms with Gasteiger partial charge in [0.15, 0.2) is 0 Å². The van der Waals surface area contributed by atoms with Gasteiger partial charge in [-0.3, -0.25) is 9.59 Å². The van der Waals surface area contributed by atoms with Gasteiger partial charge in [-0.15, -0.1) is 0 Å². The van der Waals surface area contributed by atoms with Crippen LogP contribution in [0.2, 0.25) is 0 Å². The molecule has 3 fully saturated rings. The van der Waals surface area contributed by atoms with E-state index in [0.29, 0.717) is 12.5 Å². The van der Waals surface area contributed by atoms with Crippen molar-refractivity contribution >= 4 is 12.8 Å². The van der Waals surface area contributed by atoms with Crippen LogP contribution in [0.3, 0.4) is 0 Å². The average molecular weight is 360 g/mol. The maximum Gasteiger partial charge on any atom is 0.207 e. The van der Waals surface area contributed by atoms with Crippen molar-refractivity contribution in [3.05, 3.63) is 0 Å². The summed E-state index contributed by atoms with van der Waals surface area (Å²) in [5, 5.41) is 11.4. The number of carbonyl (C=O) groups excluding carboxylic acids is 2. The van der Waals surface area contributed by atoms with E-state index in [9.17, 15) is 4.79 Å². The summed E-state index contributed by atoms with van der Waals surface area (Å²) >= 11 is 0. The minimum Gasteiger partial charge on any atom is -0.379 e. The maximum atomic E-state index is 9.96. The van der Waals surface area contributed by atoms with Crippen LogP contribution in [0.4, 0.5) is 0 Å². The van der Waals surface area contributed by atoms with Crippen molar-refractivity contribution in [3.8, 4) is 0 Å². The smallest absolute Gasteiger partial charge is 0.207 e. The van der Waals surface area contributed by atoms with Crippen molar-refractivity contribution in [1.82, 2.24) is 21.3 Å². The molecule has 8 nitrogen and oxygen atoms in total. The average Bonchev–Trinajstić information content (AvgIpc) is 2.73. The number of amides is 2. The summed E-state index contributed by atoms with van der Waals surface area (Å²) in [4.78, 5) is 19.0. The molecule has 148 valence electrons. The Labute approximate surface area is 151 Å². The van der Waals surface area contributed by atoms with Gasteiger partial charge in [0.1, 0.15) is 0 Å². The minimum atomic E-state index is 0.483. The first-order valence-electron chi connectivity index (χ1n) is 9.22. The number of morpholine rings is 2. The lowest BCUT2D eigenvalue weighted by Crippen LogP contribution is -2.30. The SMILES string of the molecule is C1COCCN1.C1COCCN1.CNC=O.O=CNC1CCCCC1. The lowest BCUT2D eigenvalue weighted by Gasteiger charge is -2.19. The molecule has 2 amide bonds.